The Hall–Kier alpha value is -0.740. The van der Waals surface area contributed by atoms with E-state index in [-0.39, 0.29) is 24.8 Å². The molecule has 1 atom stereocenters. The molecule has 1 unspecified atom stereocenters. The third-order valence-corrected chi connectivity index (χ3v) is 6.81. The summed E-state index contributed by atoms with van der Waals surface area (Å²) < 4.78 is 5.94. The van der Waals surface area contributed by atoms with Crippen molar-refractivity contribution in [3.05, 3.63) is 33.9 Å². The van der Waals surface area contributed by atoms with E-state index in [1.165, 1.54) is 81.5 Å². The topological polar surface area (TPSA) is 15.7 Å². The Morgan fingerprint density at radius 3 is 2.36 bits per heavy atom. The number of likely N-dealkylation sites (N-methyl/N-ethyl adjacent to an activating group) is 1. The smallest absolute Gasteiger partial charge is 0.126 e. The fourth-order valence-corrected chi connectivity index (χ4v) is 5.48. The first-order valence-electron chi connectivity index (χ1n) is 10.4. The largest absolute Gasteiger partial charge is 0.496 e. The first kappa shape index (κ1) is 23.5. The van der Waals surface area contributed by atoms with Gasteiger partial charge in [0.1, 0.15) is 5.75 Å². The van der Waals surface area contributed by atoms with Gasteiger partial charge in [0.15, 0.2) is 0 Å². The lowest BCUT2D eigenvalue weighted by atomic mass is 9.85. The minimum Gasteiger partial charge on any atom is -0.496 e. The molecular weight excluding hydrogens is 391 g/mol. The van der Waals surface area contributed by atoms with E-state index in [1.54, 1.807) is 16.7 Å². The van der Waals surface area contributed by atoms with E-state index in [0.717, 1.165) is 5.75 Å². The molecule has 0 saturated carbocycles. The van der Waals surface area contributed by atoms with Crippen molar-refractivity contribution in [2.24, 2.45) is 0 Å². The quantitative estimate of drug-likeness (QED) is 0.656. The van der Waals surface area contributed by atoms with Crippen LogP contribution in [0.1, 0.15) is 60.3 Å². The van der Waals surface area contributed by atoms with Crippen LogP contribution >= 0.6 is 24.8 Å². The normalized spacial score (nSPS) is 22.2. The van der Waals surface area contributed by atoms with Gasteiger partial charge in [-0.1, -0.05) is 11.6 Å². The number of piperazine rings is 1. The summed E-state index contributed by atoms with van der Waals surface area (Å²) in [5, 5.41) is 0. The van der Waals surface area contributed by atoms with Crippen LogP contribution in [0.3, 0.4) is 0 Å². The molecule has 1 aromatic rings. The third kappa shape index (κ3) is 4.23. The number of rotatable bonds is 4. The summed E-state index contributed by atoms with van der Waals surface area (Å²) >= 11 is 0. The minimum absolute atomic E-state index is 0. The SMILES string of the molecule is COc1c(C)cc(C)c2c1C(CCN1CCN(C)CC1)C1=C2CCCC1.Cl.Cl. The number of nitrogens with zero attached hydrogens (tertiary/aromatic N) is 2. The molecule has 1 aliphatic heterocycles. The van der Waals surface area contributed by atoms with Crippen LogP contribution in [-0.4, -0.2) is 56.7 Å². The lowest BCUT2D eigenvalue weighted by molar-refractivity contribution is 0.151. The van der Waals surface area contributed by atoms with Crippen molar-refractivity contribution < 1.29 is 4.74 Å². The zero-order chi connectivity index (χ0) is 18.3. The van der Waals surface area contributed by atoms with Crippen LogP contribution in [0, 0.1) is 13.8 Å². The van der Waals surface area contributed by atoms with E-state index in [4.69, 9.17) is 4.74 Å². The van der Waals surface area contributed by atoms with Crippen molar-refractivity contribution in [2.45, 2.75) is 51.9 Å². The fourth-order valence-electron chi connectivity index (χ4n) is 5.48. The second-order valence-corrected chi connectivity index (χ2v) is 8.53. The Labute approximate surface area is 183 Å². The van der Waals surface area contributed by atoms with Gasteiger partial charge in [0, 0.05) is 37.7 Å². The van der Waals surface area contributed by atoms with Crippen molar-refractivity contribution in [2.75, 3.05) is 46.9 Å². The number of ether oxygens (including phenoxy) is 1. The van der Waals surface area contributed by atoms with Gasteiger partial charge in [-0.05, 0) is 81.8 Å². The van der Waals surface area contributed by atoms with Crippen molar-refractivity contribution >= 4 is 30.4 Å². The number of methoxy groups -OCH3 is 1. The lowest BCUT2D eigenvalue weighted by Gasteiger charge is -2.33. The predicted molar refractivity (Wildman–Crippen MR) is 124 cm³/mol. The molecule has 158 valence electrons. The highest BCUT2D eigenvalue weighted by Gasteiger charge is 2.36. The van der Waals surface area contributed by atoms with Gasteiger partial charge in [-0.25, -0.2) is 0 Å². The van der Waals surface area contributed by atoms with Gasteiger partial charge in [0.05, 0.1) is 7.11 Å². The molecule has 0 N–H and O–H groups in total. The number of allylic oxidation sites excluding steroid dienone is 2. The van der Waals surface area contributed by atoms with Crippen LogP contribution in [0.4, 0.5) is 0 Å². The van der Waals surface area contributed by atoms with Crippen molar-refractivity contribution in [3.63, 3.8) is 0 Å². The summed E-state index contributed by atoms with van der Waals surface area (Å²) in [5.41, 5.74) is 9.23. The number of fused-ring (bicyclic) bond motifs is 2. The van der Waals surface area contributed by atoms with Crippen LogP contribution in [0.2, 0.25) is 0 Å². The van der Waals surface area contributed by atoms with Crippen LogP contribution in [0.15, 0.2) is 11.6 Å². The maximum Gasteiger partial charge on any atom is 0.126 e. The molecule has 2 aliphatic carbocycles. The van der Waals surface area contributed by atoms with Gasteiger partial charge in [-0.2, -0.15) is 0 Å². The molecule has 0 radical (unpaired) electrons. The van der Waals surface area contributed by atoms with Gasteiger partial charge < -0.3 is 14.5 Å². The zero-order valence-electron chi connectivity index (χ0n) is 17.8. The fraction of sp³-hybridized carbons (Fsp3) is 0.652. The van der Waals surface area contributed by atoms with Gasteiger partial charge in [-0.15, -0.1) is 24.8 Å². The molecule has 5 heteroatoms. The van der Waals surface area contributed by atoms with Gasteiger partial charge >= 0.3 is 0 Å². The van der Waals surface area contributed by atoms with Crippen LogP contribution < -0.4 is 4.74 Å². The Morgan fingerprint density at radius 1 is 1.00 bits per heavy atom. The maximum absolute atomic E-state index is 5.94. The van der Waals surface area contributed by atoms with Crippen molar-refractivity contribution in [1.82, 2.24) is 9.80 Å². The average molecular weight is 427 g/mol. The van der Waals surface area contributed by atoms with E-state index in [2.05, 4.69) is 36.8 Å². The van der Waals surface area contributed by atoms with Gasteiger partial charge in [0.2, 0.25) is 0 Å². The highest BCUT2D eigenvalue weighted by molar-refractivity contribution is 5.85. The van der Waals surface area contributed by atoms with E-state index in [9.17, 15) is 0 Å². The Kier molecular flexibility index (Phi) is 8.27. The molecule has 28 heavy (non-hydrogen) atoms. The molecule has 4 rings (SSSR count). The number of hydrogen-bond donors (Lipinski definition) is 0. The van der Waals surface area contributed by atoms with E-state index < -0.39 is 0 Å². The van der Waals surface area contributed by atoms with Gasteiger partial charge in [-0.3, -0.25) is 0 Å². The third-order valence-electron chi connectivity index (χ3n) is 6.81. The Balaban J connectivity index is 0.00000140. The molecule has 3 nitrogen and oxygen atoms in total. The summed E-state index contributed by atoms with van der Waals surface area (Å²) in [7, 11) is 4.09. The second kappa shape index (κ2) is 9.84. The van der Waals surface area contributed by atoms with Crippen molar-refractivity contribution in [3.8, 4) is 5.75 Å². The number of halogens is 2. The second-order valence-electron chi connectivity index (χ2n) is 8.53. The molecule has 1 saturated heterocycles. The Bertz CT molecular complexity index is 724. The van der Waals surface area contributed by atoms with Crippen LogP contribution in [0.25, 0.3) is 5.57 Å². The standard InChI is InChI=1S/C23H34N2O.2ClH/c1-16-15-17(2)23(26-4)22-20(9-10-25-13-11-24(3)12-14-25)18-7-5-6-8-19(18)21(16)22;;/h15,20H,5-14H2,1-4H3;2*1H. The average Bonchev–Trinajstić information content (AvgIpc) is 2.96. The highest BCUT2D eigenvalue weighted by Crippen LogP contribution is 2.54. The minimum atomic E-state index is 0. The van der Waals surface area contributed by atoms with E-state index >= 15 is 0 Å². The molecule has 0 spiro atoms. The summed E-state index contributed by atoms with van der Waals surface area (Å²) in [6, 6.07) is 2.33. The first-order chi connectivity index (χ1) is 12.6. The first-order valence-corrected chi connectivity index (χ1v) is 10.4. The number of aryl methyl sites for hydroxylation is 2. The molecule has 0 bridgehead atoms. The highest BCUT2D eigenvalue weighted by atomic mass is 35.5. The molecule has 1 heterocycles. The number of benzene rings is 1. The van der Waals surface area contributed by atoms with Crippen LogP contribution in [-0.2, 0) is 0 Å². The zero-order valence-corrected chi connectivity index (χ0v) is 19.5. The Morgan fingerprint density at radius 2 is 1.68 bits per heavy atom. The monoisotopic (exact) mass is 426 g/mol. The van der Waals surface area contributed by atoms with Crippen LogP contribution in [0.5, 0.6) is 5.75 Å². The lowest BCUT2D eigenvalue weighted by Crippen LogP contribution is -2.44. The summed E-state index contributed by atoms with van der Waals surface area (Å²) in [4.78, 5) is 5.11. The molecule has 0 aromatic heterocycles. The molecule has 0 amide bonds. The molecular formula is C23H36Cl2N2O. The summed E-state index contributed by atoms with van der Waals surface area (Å²) in [6.07, 6.45) is 6.51. The summed E-state index contributed by atoms with van der Waals surface area (Å²) in [5.74, 6) is 1.73. The summed E-state index contributed by atoms with van der Waals surface area (Å²) in [6.45, 7) is 10.6. The van der Waals surface area contributed by atoms with Crippen molar-refractivity contribution in [1.29, 1.82) is 0 Å². The molecule has 1 fully saturated rings. The maximum atomic E-state index is 5.94. The molecule has 1 aromatic carbocycles. The van der Waals surface area contributed by atoms with Gasteiger partial charge in [0.25, 0.3) is 0 Å². The van der Waals surface area contributed by atoms with E-state index in [1.807, 2.05) is 7.11 Å². The van der Waals surface area contributed by atoms with E-state index in [0.29, 0.717) is 5.92 Å². The molecule has 3 aliphatic rings. The number of hydrogen-bond acceptors (Lipinski definition) is 3. The predicted octanol–water partition coefficient (Wildman–Crippen LogP) is 5.22.